The van der Waals surface area contributed by atoms with Gasteiger partial charge in [0.15, 0.2) is 5.95 Å². The van der Waals surface area contributed by atoms with Crippen molar-refractivity contribution in [3.63, 3.8) is 0 Å². The number of aromatic amines is 1. The lowest BCUT2D eigenvalue weighted by Crippen LogP contribution is -2.19. The van der Waals surface area contributed by atoms with E-state index in [1.54, 1.807) is 0 Å². The molecule has 2 amide bonds. The number of hydrogen-bond acceptors (Lipinski definition) is 3. The molecule has 0 atom stereocenters. The Kier molecular flexibility index (Phi) is 4.46. The van der Waals surface area contributed by atoms with Crippen LogP contribution in [0.1, 0.15) is 11.3 Å². The number of nitrogen functional groups attached to an aromatic ring is 1. The van der Waals surface area contributed by atoms with E-state index < -0.39 is 0 Å². The van der Waals surface area contributed by atoms with Gasteiger partial charge in [-0.3, -0.25) is 0 Å². The Morgan fingerprint density at radius 3 is 2.54 bits per heavy atom. The number of aryl methyl sites for hydroxylation is 2. The van der Waals surface area contributed by atoms with Crippen molar-refractivity contribution in [1.82, 2.24) is 9.97 Å². The number of benzene rings is 2. The number of rotatable bonds is 2. The van der Waals surface area contributed by atoms with E-state index in [2.05, 4.69) is 52.5 Å². The van der Waals surface area contributed by atoms with E-state index in [-0.39, 0.29) is 6.03 Å². The maximum atomic E-state index is 12.3. The molecular weight excluding hydrogens is 462 g/mol. The average Bonchev–Trinajstić information content (AvgIpc) is 2.94. The zero-order chi connectivity index (χ0) is 18.3. The predicted octanol–water partition coefficient (Wildman–Crippen LogP) is 4.93. The fourth-order valence-corrected chi connectivity index (χ4v) is 4.40. The first kappa shape index (κ1) is 17.1. The van der Waals surface area contributed by atoms with Gasteiger partial charge in [-0.25, -0.2) is 9.78 Å². The van der Waals surface area contributed by atoms with Gasteiger partial charge in [0.1, 0.15) is 0 Å². The summed E-state index contributed by atoms with van der Waals surface area (Å²) in [5.41, 5.74) is 11.3. The Labute approximate surface area is 166 Å². The highest BCUT2D eigenvalue weighted by molar-refractivity contribution is 9.11. The number of nitrogens with two attached hydrogens (primary N) is 1. The molecule has 0 unspecified atom stereocenters. The molecule has 1 heterocycles. The number of halogens is 2. The van der Waals surface area contributed by atoms with Crippen molar-refractivity contribution in [2.45, 2.75) is 12.8 Å². The van der Waals surface area contributed by atoms with Crippen LogP contribution < -0.4 is 16.4 Å². The van der Waals surface area contributed by atoms with Crippen molar-refractivity contribution in [3.8, 4) is 11.3 Å². The molecule has 4 rings (SSSR count). The fourth-order valence-electron chi connectivity index (χ4n) is 3.11. The zero-order valence-electron chi connectivity index (χ0n) is 13.6. The molecule has 2 aromatic carbocycles. The number of carbonyl (C=O) groups is 1. The fraction of sp³-hybridized carbons (Fsp3) is 0.111. The van der Waals surface area contributed by atoms with Crippen LogP contribution in [0, 0.1) is 0 Å². The molecule has 26 heavy (non-hydrogen) atoms. The van der Waals surface area contributed by atoms with Gasteiger partial charge in [0.25, 0.3) is 0 Å². The van der Waals surface area contributed by atoms with Crippen molar-refractivity contribution >= 4 is 55.2 Å². The summed E-state index contributed by atoms with van der Waals surface area (Å²) < 4.78 is 1.75. The van der Waals surface area contributed by atoms with Gasteiger partial charge in [-0.05, 0) is 48.7 Å². The normalized spacial score (nSPS) is 12.2. The number of nitrogens with one attached hydrogen (secondary N) is 3. The number of nitrogens with zero attached hydrogens (tertiary/aromatic N) is 1. The molecule has 0 saturated heterocycles. The number of aromatic nitrogens is 2. The van der Waals surface area contributed by atoms with Gasteiger partial charge in [-0.2, -0.15) is 0 Å². The monoisotopic (exact) mass is 475 g/mol. The number of urea groups is 1. The smallest absolute Gasteiger partial charge is 0.323 e. The molecule has 0 aliphatic heterocycles. The summed E-state index contributed by atoms with van der Waals surface area (Å²) >= 11 is 6.81. The Bertz CT molecular complexity index is 995. The van der Waals surface area contributed by atoms with Gasteiger partial charge in [-0.1, -0.05) is 37.9 Å². The van der Waals surface area contributed by atoms with E-state index in [1.165, 1.54) is 5.56 Å². The molecule has 1 aromatic heterocycles. The van der Waals surface area contributed by atoms with Gasteiger partial charge < -0.3 is 21.4 Å². The average molecular weight is 477 g/mol. The van der Waals surface area contributed by atoms with Crippen LogP contribution in [0.25, 0.3) is 11.3 Å². The molecule has 0 saturated carbocycles. The lowest BCUT2D eigenvalue weighted by Gasteiger charge is -2.17. The third-order valence-electron chi connectivity index (χ3n) is 4.19. The number of fused-ring (bicyclic) bond motifs is 3. The quantitative estimate of drug-likeness (QED) is 0.422. The van der Waals surface area contributed by atoms with Crippen LogP contribution >= 0.6 is 31.9 Å². The maximum Gasteiger partial charge on any atom is 0.323 e. The highest BCUT2D eigenvalue weighted by Crippen LogP contribution is 2.34. The van der Waals surface area contributed by atoms with Crippen LogP contribution in [0.5, 0.6) is 0 Å². The van der Waals surface area contributed by atoms with Gasteiger partial charge >= 0.3 is 6.03 Å². The van der Waals surface area contributed by atoms with E-state index >= 15 is 0 Å². The van der Waals surface area contributed by atoms with Crippen LogP contribution in [0.15, 0.2) is 45.3 Å². The first-order valence-electron chi connectivity index (χ1n) is 8.00. The topological polar surface area (TPSA) is 95.8 Å². The second kappa shape index (κ2) is 6.77. The first-order chi connectivity index (χ1) is 12.5. The van der Waals surface area contributed by atoms with Crippen LogP contribution in [0.3, 0.4) is 0 Å². The van der Waals surface area contributed by atoms with Crippen molar-refractivity contribution in [2.24, 2.45) is 0 Å². The Balaban J connectivity index is 1.55. The molecule has 0 fully saturated rings. The summed E-state index contributed by atoms with van der Waals surface area (Å²) in [6.07, 6.45) is 1.77. The molecule has 0 bridgehead atoms. The number of hydrogen-bond donors (Lipinski definition) is 4. The predicted molar refractivity (Wildman–Crippen MR) is 110 cm³/mol. The second-order valence-electron chi connectivity index (χ2n) is 6.05. The molecule has 5 N–H and O–H groups in total. The SMILES string of the molecule is Nc1nc2c([nH]1)-c1cc(NC(=O)Nc3cc(Br)cc(Br)c3)ccc1CC2. The number of anilines is 3. The minimum Gasteiger partial charge on any atom is -0.369 e. The summed E-state index contributed by atoms with van der Waals surface area (Å²) in [6.45, 7) is 0. The minimum absolute atomic E-state index is 0.310. The van der Waals surface area contributed by atoms with E-state index in [0.717, 1.165) is 38.7 Å². The summed E-state index contributed by atoms with van der Waals surface area (Å²) in [5.74, 6) is 0.416. The van der Waals surface area contributed by atoms with Crippen molar-refractivity contribution in [2.75, 3.05) is 16.4 Å². The van der Waals surface area contributed by atoms with Gasteiger partial charge in [-0.15, -0.1) is 0 Å². The molecule has 0 radical (unpaired) electrons. The van der Waals surface area contributed by atoms with Crippen LogP contribution in [-0.4, -0.2) is 16.0 Å². The molecule has 6 nitrogen and oxygen atoms in total. The van der Waals surface area contributed by atoms with E-state index in [1.807, 2.05) is 36.4 Å². The summed E-state index contributed by atoms with van der Waals surface area (Å²) in [7, 11) is 0. The molecule has 3 aromatic rings. The van der Waals surface area contributed by atoms with Crippen molar-refractivity contribution in [1.29, 1.82) is 0 Å². The molecule has 1 aliphatic carbocycles. The third-order valence-corrected chi connectivity index (χ3v) is 5.10. The Morgan fingerprint density at radius 1 is 1.04 bits per heavy atom. The Morgan fingerprint density at radius 2 is 1.77 bits per heavy atom. The summed E-state index contributed by atoms with van der Waals surface area (Å²) in [5, 5.41) is 5.70. The lowest BCUT2D eigenvalue weighted by molar-refractivity contribution is 0.262. The van der Waals surface area contributed by atoms with Crippen molar-refractivity contribution in [3.05, 3.63) is 56.6 Å². The van der Waals surface area contributed by atoms with Gasteiger partial charge in [0.05, 0.1) is 11.4 Å². The molecule has 8 heteroatoms. The number of carbonyl (C=O) groups excluding carboxylic acids is 1. The number of imidazole rings is 1. The lowest BCUT2D eigenvalue weighted by atomic mass is 9.92. The summed E-state index contributed by atoms with van der Waals surface area (Å²) in [6, 6.07) is 11.1. The van der Waals surface area contributed by atoms with E-state index in [9.17, 15) is 4.79 Å². The summed E-state index contributed by atoms with van der Waals surface area (Å²) in [4.78, 5) is 19.8. The zero-order valence-corrected chi connectivity index (χ0v) is 16.7. The van der Waals surface area contributed by atoms with Crippen molar-refractivity contribution < 1.29 is 4.79 Å². The van der Waals surface area contributed by atoms with E-state index in [4.69, 9.17) is 5.73 Å². The van der Waals surface area contributed by atoms with Gasteiger partial charge in [0, 0.05) is 25.9 Å². The highest BCUT2D eigenvalue weighted by atomic mass is 79.9. The molecule has 132 valence electrons. The maximum absolute atomic E-state index is 12.3. The number of amides is 2. The standard InChI is InChI=1S/C18H15Br2N5O/c19-10-5-11(20)7-13(6-10)23-18(26)22-12-3-1-9-2-4-15-16(14(9)8-12)25-17(21)24-15/h1,3,5-8H,2,4H2,(H3,21,24,25)(H2,22,23,26). The van der Waals surface area contributed by atoms with Crippen LogP contribution in [0.4, 0.5) is 22.1 Å². The first-order valence-corrected chi connectivity index (χ1v) is 9.58. The van der Waals surface area contributed by atoms with Crippen LogP contribution in [-0.2, 0) is 12.8 Å². The second-order valence-corrected chi connectivity index (χ2v) is 7.88. The highest BCUT2D eigenvalue weighted by Gasteiger charge is 2.20. The minimum atomic E-state index is -0.310. The largest absolute Gasteiger partial charge is 0.369 e. The van der Waals surface area contributed by atoms with Gasteiger partial charge in [0.2, 0.25) is 0 Å². The molecule has 1 aliphatic rings. The molecular formula is C18H15Br2N5O. The number of H-pyrrole nitrogens is 1. The Hall–Kier alpha value is -2.32. The third kappa shape index (κ3) is 3.47. The van der Waals surface area contributed by atoms with E-state index in [0.29, 0.717) is 17.3 Å². The van der Waals surface area contributed by atoms with Crippen LogP contribution in [0.2, 0.25) is 0 Å². The molecule has 0 spiro atoms.